The normalized spacial score (nSPS) is 18.5. The van der Waals surface area contributed by atoms with Gasteiger partial charge in [-0.25, -0.2) is 8.42 Å². The predicted molar refractivity (Wildman–Crippen MR) is 101 cm³/mol. The lowest BCUT2D eigenvalue weighted by Crippen LogP contribution is -2.51. The van der Waals surface area contributed by atoms with Gasteiger partial charge in [0.2, 0.25) is 15.8 Å². The van der Waals surface area contributed by atoms with Crippen LogP contribution in [0.1, 0.15) is 22.3 Å². The second-order valence-electron chi connectivity index (χ2n) is 6.99. The number of hydrogen-bond donors (Lipinski definition) is 0. The Morgan fingerprint density at radius 3 is 2.07 bits per heavy atom. The van der Waals surface area contributed by atoms with Crippen LogP contribution < -0.4 is 0 Å². The van der Waals surface area contributed by atoms with Crippen LogP contribution in [0.15, 0.2) is 23.0 Å². The Bertz CT molecular complexity index is 858. The molecule has 2 aliphatic heterocycles. The minimum absolute atomic E-state index is 0.179. The fourth-order valence-electron chi connectivity index (χ4n) is 3.46. The van der Waals surface area contributed by atoms with Gasteiger partial charge in [-0.15, -0.1) is 0 Å². The largest absolute Gasteiger partial charge is 0.494 e. The van der Waals surface area contributed by atoms with E-state index in [-0.39, 0.29) is 24.8 Å². The van der Waals surface area contributed by atoms with Crippen LogP contribution in [-0.2, 0) is 24.3 Å². The summed E-state index contributed by atoms with van der Waals surface area (Å²) in [6.45, 7) is 9.48. The van der Waals surface area contributed by atoms with Gasteiger partial charge in [-0.1, -0.05) is 6.07 Å². The molecule has 1 aromatic rings. The summed E-state index contributed by atoms with van der Waals surface area (Å²) in [6, 6.07) is 2.01. The number of aryl methyl sites for hydroxylation is 2. The molecule has 27 heavy (non-hydrogen) atoms. The van der Waals surface area contributed by atoms with Crippen LogP contribution in [0.4, 0.5) is 0 Å². The molecule has 0 saturated carbocycles. The third kappa shape index (κ3) is 3.68. The van der Waals surface area contributed by atoms with Crippen molar-refractivity contribution in [1.82, 2.24) is 9.21 Å². The maximum absolute atomic E-state index is 13.3. The molecule has 1 saturated heterocycles. The van der Waals surface area contributed by atoms with E-state index >= 15 is 0 Å². The molecule has 8 heteroatoms. The van der Waals surface area contributed by atoms with Gasteiger partial charge < -0.3 is 14.4 Å². The highest BCUT2D eigenvalue weighted by molar-refractivity contribution is 7.89. The van der Waals surface area contributed by atoms with Crippen LogP contribution in [0.5, 0.6) is 0 Å². The molecule has 0 aromatic heterocycles. The number of hydrogen-bond acceptors (Lipinski definition) is 5. The molecular weight excluding hydrogens is 368 g/mol. The lowest BCUT2D eigenvalue weighted by atomic mass is 10.0. The first-order chi connectivity index (χ1) is 12.7. The molecule has 1 aromatic carbocycles. The molecule has 0 atom stereocenters. The molecule has 3 rings (SSSR count). The smallest absolute Gasteiger partial charge is 0.292 e. The van der Waals surface area contributed by atoms with Gasteiger partial charge in [0.15, 0.2) is 0 Å². The van der Waals surface area contributed by atoms with E-state index < -0.39 is 10.0 Å². The minimum atomic E-state index is -3.62. The number of nitrogens with zero attached hydrogens (tertiary/aromatic N) is 2. The predicted octanol–water partition coefficient (Wildman–Crippen LogP) is 1.64. The number of sulfonamides is 1. The number of carbonyl (C=O) groups excluding carboxylic acids is 1. The molecule has 148 valence electrons. The first kappa shape index (κ1) is 19.7. The van der Waals surface area contributed by atoms with E-state index in [1.165, 1.54) is 10.6 Å². The van der Waals surface area contributed by atoms with Crippen molar-refractivity contribution in [3.8, 4) is 0 Å². The number of ether oxygens (including phenoxy) is 2. The SMILES string of the molecule is Cc1cc(C)c(C)c(S(=O)(=O)N2CCN(C(=O)C3=COCCO3)CC2)c1C. The summed E-state index contributed by atoms with van der Waals surface area (Å²) in [6.07, 6.45) is 1.33. The van der Waals surface area contributed by atoms with Gasteiger partial charge in [0.05, 0.1) is 4.90 Å². The second kappa shape index (κ2) is 7.52. The van der Waals surface area contributed by atoms with Gasteiger partial charge in [-0.2, -0.15) is 4.31 Å². The summed E-state index contributed by atoms with van der Waals surface area (Å²) in [5.74, 6) is -0.0796. The lowest BCUT2D eigenvalue weighted by Gasteiger charge is -2.35. The van der Waals surface area contributed by atoms with E-state index in [1.807, 2.05) is 33.8 Å². The fourth-order valence-corrected chi connectivity index (χ4v) is 5.46. The van der Waals surface area contributed by atoms with Gasteiger partial charge in [-0.3, -0.25) is 4.79 Å². The number of rotatable bonds is 3. The van der Waals surface area contributed by atoms with Crippen molar-refractivity contribution in [3.63, 3.8) is 0 Å². The zero-order valence-electron chi connectivity index (χ0n) is 16.2. The van der Waals surface area contributed by atoms with Crippen molar-refractivity contribution in [2.75, 3.05) is 39.4 Å². The van der Waals surface area contributed by atoms with Crippen molar-refractivity contribution >= 4 is 15.9 Å². The molecule has 0 aliphatic carbocycles. The summed E-state index contributed by atoms with van der Waals surface area (Å²) < 4.78 is 38.5. The number of amides is 1. The van der Waals surface area contributed by atoms with E-state index in [1.54, 1.807) is 4.90 Å². The highest BCUT2D eigenvalue weighted by Crippen LogP contribution is 2.29. The monoisotopic (exact) mass is 394 g/mol. The topological polar surface area (TPSA) is 76.2 Å². The van der Waals surface area contributed by atoms with Crippen LogP contribution in [0, 0.1) is 27.7 Å². The van der Waals surface area contributed by atoms with E-state index in [0.717, 1.165) is 22.3 Å². The zero-order valence-corrected chi connectivity index (χ0v) is 17.1. The van der Waals surface area contributed by atoms with Crippen LogP contribution in [0.3, 0.4) is 0 Å². The van der Waals surface area contributed by atoms with Crippen LogP contribution in [-0.4, -0.2) is 62.9 Å². The first-order valence-electron chi connectivity index (χ1n) is 9.05. The van der Waals surface area contributed by atoms with Crippen LogP contribution in [0.25, 0.3) is 0 Å². The van der Waals surface area contributed by atoms with E-state index in [2.05, 4.69) is 0 Å². The number of piperazine rings is 1. The van der Waals surface area contributed by atoms with Crippen molar-refractivity contribution in [1.29, 1.82) is 0 Å². The van der Waals surface area contributed by atoms with E-state index in [0.29, 0.717) is 31.2 Å². The Balaban J connectivity index is 1.78. The van der Waals surface area contributed by atoms with Gasteiger partial charge in [0.25, 0.3) is 5.91 Å². The molecule has 7 nitrogen and oxygen atoms in total. The molecule has 1 fully saturated rings. The molecule has 0 radical (unpaired) electrons. The quantitative estimate of drug-likeness (QED) is 0.779. The second-order valence-corrected chi connectivity index (χ2v) is 8.86. The molecule has 0 N–H and O–H groups in total. The lowest BCUT2D eigenvalue weighted by molar-refractivity contribution is -0.133. The summed E-state index contributed by atoms with van der Waals surface area (Å²) in [7, 11) is -3.62. The van der Waals surface area contributed by atoms with Crippen molar-refractivity contribution in [2.24, 2.45) is 0 Å². The standard InChI is InChI=1S/C19H26N2O5S/c1-13-11-14(2)16(4)18(15(13)3)27(23,24)21-7-5-20(6-8-21)19(22)17-12-25-9-10-26-17/h11-12H,5-10H2,1-4H3. The summed E-state index contributed by atoms with van der Waals surface area (Å²) in [5, 5.41) is 0. The maximum Gasteiger partial charge on any atom is 0.292 e. The fraction of sp³-hybridized carbons (Fsp3) is 0.526. The third-order valence-electron chi connectivity index (χ3n) is 5.28. The highest BCUT2D eigenvalue weighted by Gasteiger charge is 2.34. The first-order valence-corrected chi connectivity index (χ1v) is 10.5. The maximum atomic E-state index is 13.3. The van der Waals surface area contributed by atoms with Crippen molar-refractivity contribution in [3.05, 3.63) is 40.3 Å². The Morgan fingerprint density at radius 2 is 1.56 bits per heavy atom. The zero-order chi connectivity index (χ0) is 19.8. The molecule has 2 aliphatic rings. The summed E-state index contributed by atoms with van der Waals surface area (Å²) in [5.41, 5.74) is 3.50. The Morgan fingerprint density at radius 1 is 0.963 bits per heavy atom. The Labute approximate surface area is 160 Å². The molecular formula is C19H26N2O5S. The minimum Gasteiger partial charge on any atom is -0.494 e. The number of carbonyl (C=O) groups is 1. The highest BCUT2D eigenvalue weighted by atomic mass is 32.2. The Hall–Kier alpha value is -2.06. The molecule has 0 bridgehead atoms. The van der Waals surface area contributed by atoms with Gasteiger partial charge in [0.1, 0.15) is 19.5 Å². The van der Waals surface area contributed by atoms with Crippen molar-refractivity contribution < 1.29 is 22.7 Å². The molecule has 2 heterocycles. The van der Waals surface area contributed by atoms with E-state index in [9.17, 15) is 13.2 Å². The molecule has 1 amide bonds. The average molecular weight is 394 g/mol. The Kier molecular flexibility index (Phi) is 5.48. The molecule has 0 spiro atoms. The summed E-state index contributed by atoms with van der Waals surface area (Å²) >= 11 is 0. The number of benzene rings is 1. The van der Waals surface area contributed by atoms with Crippen molar-refractivity contribution in [2.45, 2.75) is 32.6 Å². The van der Waals surface area contributed by atoms with Crippen LogP contribution >= 0.6 is 0 Å². The average Bonchev–Trinajstić information content (AvgIpc) is 2.66. The molecule has 0 unspecified atom stereocenters. The van der Waals surface area contributed by atoms with Gasteiger partial charge >= 0.3 is 0 Å². The van der Waals surface area contributed by atoms with Gasteiger partial charge in [0, 0.05) is 26.2 Å². The summed E-state index contributed by atoms with van der Waals surface area (Å²) in [4.78, 5) is 14.5. The van der Waals surface area contributed by atoms with Crippen LogP contribution in [0.2, 0.25) is 0 Å². The third-order valence-corrected chi connectivity index (χ3v) is 7.45. The van der Waals surface area contributed by atoms with Gasteiger partial charge in [-0.05, 0) is 49.9 Å². The van der Waals surface area contributed by atoms with E-state index in [4.69, 9.17) is 9.47 Å².